The molecule has 0 saturated heterocycles. The number of hydrogen-bond acceptors (Lipinski definition) is 4. The van der Waals surface area contributed by atoms with Crippen molar-refractivity contribution in [3.8, 4) is 0 Å². The molecular weight excluding hydrogens is 340 g/mol. The van der Waals surface area contributed by atoms with E-state index in [9.17, 15) is 13.2 Å². The molecule has 1 aliphatic carbocycles. The summed E-state index contributed by atoms with van der Waals surface area (Å²) in [7, 11) is -3.33. The minimum Gasteiger partial charge on any atom is -0.357 e. The summed E-state index contributed by atoms with van der Waals surface area (Å²) in [6, 6.07) is 8.37. The normalized spacial score (nSPS) is 14.8. The lowest BCUT2D eigenvalue weighted by Crippen LogP contribution is -2.42. The van der Waals surface area contributed by atoms with E-state index in [0.717, 1.165) is 12.8 Å². The van der Waals surface area contributed by atoms with Gasteiger partial charge in [0.05, 0.1) is 17.2 Å². The third-order valence-corrected chi connectivity index (χ3v) is 5.45. The Balaban J connectivity index is 1.77. The molecule has 1 amide bonds. The molecular formula is C17H26N4O3S. The van der Waals surface area contributed by atoms with Gasteiger partial charge in [-0.15, -0.1) is 0 Å². The van der Waals surface area contributed by atoms with Crippen LogP contribution in [-0.2, 0) is 14.6 Å². The second-order valence-corrected chi connectivity index (χ2v) is 7.99. The fourth-order valence-corrected chi connectivity index (χ4v) is 3.36. The molecule has 0 aliphatic heterocycles. The highest BCUT2D eigenvalue weighted by Crippen LogP contribution is 2.28. The first-order chi connectivity index (χ1) is 12.0. The molecule has 1 aliphatic rings. The van der Waals surface area contributed by atoms with Crippen LogP contribution in [0.3, 0.4) is 0 Å². The molecule has 7 nitrogen and oxygen atoms in total. The van der Waals surface area contributed by atoms with Gasteiger partial charge < -0.3 is 16.0 Å². The Labute approximate surface area is 149 Å². The summed E-state index contributed by atoms with van der Waals surface area (Å²) in [6.07, 6.45) is 1.97. The van der Waals surface area contributed by atoms with Crippen molar-refractivity contribution in [3.63, 3.8) is 0 Å². The van der Waals surface area contributed by atoms with Crippen molar-refractivity contribution >= 4 is 21.7 Å². The van der Waals surface area contributed by atoms with Crippen LogP contribution in [0.15, 0.2) is 40.2 Å². The largest absolute Gasteiger partial charge is 0.357 e. The van der Waals surface area contributed by atoms with Crippen molar-refractivity contribution in [2.75, 3.05) is 31.9 Å². The Morgan fingerprint density at radius 2 is 1.80 bits per heavy atom. The predicted molar refractivity (Wildman–Crippen MR) is 98.2 cm³/mol. The summed E-state index contributed by atoms with van der Waals surface area (Å²) in [6.45, 7) is 3.83. The third kappa shape index (κ3) is 6.74. The van der Waals surface area contributed by atoms with Gasteiger partial charge in [-0.2, -0.15) is 0 Å². The standard InChI is InChI=1S/C17H26N4O3S/c1-2-18-17(20-11-10-19-16(22)14-8-9-14)21-12-13-25(23,24)15-6-4-3-5-7-15/h3-7,14H,2,8-13H2,1H3,(H,19,22)(H2,18,20,21). The second kappa shape index (κ2) is 9.41. The molecule has 3 N–H and O–H groups in total. The average Bonchev–Trinajstić information content (AvgIpc) is 3.44. The lowest BCUT2D eigenvalue weighted by atomic mass is 10.4. The van der Waals surface area contributed by atoms with Crippen molar-refractivity contribution in [3.05, 3.63) is 30.3 Å². The number of carbonyl (C=O) groups is 1. The number of rotatable bonds is 9. The fraction of sp³-hybridized carbons (Fsp3) is 0.529. The third-order valence-electron chi connectivity index (χ3n) is 3.74. The van der Waals surface area contributed by atoms with Gasteiger partial charge in [0, 0.05) is 25.6 Å². The number of nitrogens with one attached hydrogen (secondary N) is 3. The molecule has 138 valence electrons. The molecule has 0 unspecified atom stereocenters. The molecule has 0 spiro atoms. The van der Waals surface area contributed by atoms with E-state index in [4.69, 9.17) is 0 Å². The Morgan fingerprint density at radius 1 is 1.12 bits per heavy atom. The van der Waals surface area contributed by atoms with Gasteiger partial charge in [0.15, 0.2) is 15.8 Å². The van der Waals surface area contributed by atoms with Gasteiger partial charge in [-0.05, 0) is 31.9 Å². The van der Waals surface area contributed by atoms with Crippen LogP contribution in [0.25, 0.3) is 0 Å². The summed E-state index contributed by atoms with van der Waals surface area (Å²) in [5, 5.41) is 9.02. The molecule has 1 aromatic rings. The maximum absolute atomic E-state index is 12.2. The number of carbonyl (C=O) groups excluding carboxylic acids is 1. The summed E-state index contributed by atoms with van der Waals surface area (Å²) in [4.78, 5) is 16.1. The van der Waals surface area contributed by atoms with E-state index in [1.54, 1.807) is 30.3 Å². The van der Waals surface area contributed by atoms with Crippen LogP contribution in [0.1, 0.15) is 19.8 Å². The Hall–Kier alpha value is -2.09. The molecule has 25 heavy (non-hydrogen) atoms. The zero-order valence-electron chi connectivity index (χ0n) is 14.5. The van der Waals surface area contributed by atoms with E-state index in [1.807, 2.05) is 6.92 Å². The predicted octanol–water partition coefficient (Wildman–Crippen LogP) is 0.542. The van der Waals surface area contributed by atoms with Crippen molar-refractivity contribution in [1.82, 2.24) is 16.0 Å². The maximum Gasteiger partial charge on any atom is 0.223 e. The Bertz CT molecular complexity index is 685. The summed E-state index contributed by atoms with van der Waals surface area (Å²) in [5.74, 6) is 0.806. The summed E-state index contributed by atoms with van der Waals surface area (Å²) in [5.41, 5.74) is 0. The van der Waals surface area contributed by atoms with Crippen molar-refractivity contribution in [1.29, 1.82) is 0 Å². The van der Waals surface area contributed by atoms with Crippen molar-refractivity contribution in [2.45, 2.75) is 24.7 Å². The van der Waals surface area contributed by atoms with Crippen LogP contribution in [0, 0.1) is 5.92 Å². The highest BCUT2D eigenvalue weighted by Gasteiger charge is 2.28. The summed E-state index contributed by atoms with van der Waals surface area (Å²) < 4.78 is 24.4. The fourth-order valence-electron chi connectivity index (χ4n) is 2.22. The molecule has 0 aromatic heterocycles. The van der Waals surface area contributed by atoms with Crippen LogP contribution >= 0.6 is 0 Å². The van der Waals surface area contributed by atoms with Gasteiger partial charge >= 0.3 is 0 Å². The van der Waals surface area contributed by atoms with Crippen molar-refractivity contribution < 1.29 is 13.2 Å². The highest BCUT2D eigenvalue weighted by atomic mass is 32.2. The first-order valence-electron chi connectivity index (χ1n) is 8.60. The average molecular weight is 366 g/mol. The van der Waals surface area contributed by atoms with E-state index < -0.39 is 9.84 Å². The SMILES string of the molecule is CCNC(=NCCS(=O)(=O)c1ccccc1)NCCNC(=O)C1CC1. The smallest absolute Gasteiger partial charge is 0.223 e. The molecule has 8 heteroatoms. The van der Waals surface area contributed by atoms with Gasteiger partial charge in [-0.25, -0.2) is 8.42 Å². The van der Waals surface area contributed by atoms with Gasteiger partial charge in [0.25, 0.3) is 0 Å². The molecule has 1 saturated carbocycles. The van der Waals surface area contributed by atoms with Gasteiger partial charge in [-0.1, -0.05) is 18.2 Å². The lowest BCUT2D eigenvalue weighted by molar-refractivity contribution is -0.122. The molecule has 0 atom stereocenters. The molecule has 0 radical (unpaired) electrons. The zero-order chi connectivity index (χ0) is 18.1. The molecule has 1 aromatic carbocycles. The zero-order valence-corrected chi connectivity index (χ0v) is 15.3. The maximum atomic E-state index is 12.2. The minimum atomic E-state index is -3.33. The number of guanidine groups is 1. The van der Waals surface area contributed by atoms with Gasteiger partial charge in [0.1, 0.15) is 0 Å². The first kappa shape index (κ1) is 19.2. The van der Waals surface area contributed by atoms with Crippen molar-refractivity contribution in [2.24, 2.45) is 10.9 Å². The van der Waals surface area contributed by atoms with Crippen LogP contribution < -0.4 is 16.0 Å². The quantitative estimate of drug-likeness (QED) is 0.337. The monoisotopic (exact) mass is 366 g/mol. The summed E-state index contributed by atoms with van der Waals surface area (Å²) >= 11 is 0. The number of benzene rings is 1. The van der Waals surface area contributed by atoms with E-state index in [0.29, 0.717) is 30.5 Å². The van der Waals surface area contributed by atoms with E-state index in [-0.39, 0.29) is 24.1 Å². The molecule has 0 heterocycles. The number of nitrogens with zero attached hydrogens (tertiary/aromatic N) is 1. The van der Waals surface area contributed by atoms with E-state index in [2.05, 4.69) is 20.9 Å². The van der Waals surface area contributed by atoms with E-state index >= 15 is 0 Å². The number of amides is 1. The lowest BCUT2D eigenvalue weighted by Gasteiger charge is -2.12. The second-order valence-electron chi connectivity index (χ2n) is 5.88. The topological polar surface area (TPSA) is 99.7 Å². The molecule has 1 fully saturated rings. The number of sulfone groups is 1. The highest BCUT2D eigenvalue weighted by molar-refractivity contribution is 7.91. The number of hydrogen-bond donors (Lipinski definition) is 3. The van der Waals surface area contributed by atoms with Crippen LogP contribution in [0.4, 0.5) is 0 Å². The number of aliphatic imine (C=N–C) groups is 1. The molecule has 2 rings (SSSR count). The first-order valence-corrected chi connectivity index (χ1v) is 10.3. The Morgan fingerprint density at radius 3 is 2.44 bits per heavy atom. The van der Waals surface area contributed by atoms with Gasteiger partial charge in [-0.3, -0.25) is 9.79 Å². The Kier molecular flexibility index (Phi) is 7.24. The minimum absolute atomic E-state index is 0.0496. The van der Waals surface area contributed by atoms with Crippen LogP contribution in [0.2, 0.25) is 0 Å². The van der Waals surface area contributed by atoms with Gasteiger partial charge in [0.2, 0.25) is 5.91 Å². The van der Waals surface area contributed by atoms with Crippen LogP contribution in [0.5, 0.6) is 0 Å². The van der Waals surface area contributed by atoms with Crippen LogP contribution in [-0.4, -0.2) is 52.2 Å². The van der Waals surface area contributed by atoms with E-state index in [1.165, 1.54) is 0 Å². The molecule has 0 bridgehead atoms.